The van der Waals surface area contributed by atoms with E-state index in [1.807, 2.05) is 6.92 Å². The summed E-state index contributed by atoms with van der Waals surface area (Å²) in [6, 6.07) is 9.40. The van der Waals surface area contributed by atoms with Gasteiger partial charge in [-0.25, -0.2) is 8.42 Å². The first-order valence-electron chi connectivity index (χ1n) is 8.33. The number of benzene rings is 2. The number of sulfonamides is 1. The summed E-state index contributed by atoms with van der Waals surface area (Å²) in [6.07, 6.45) is 1.19. The van der Waals surface area contributed by atoms with Gasteiger partial charge >= 0.3 is 0 Å². The molecule has 2 rings (SSSR count). The molecule has 1 amide bonds. The lowest BCUT2D eigenvalue weighted by molar-refractivity contribution is -0.117. The number of methoxy groups -OCH3 is 1. The molecule has 154 valence electrons. The number of nitrogens with two attached hydrogens (primary N) is 1. The Morgan fingerprint density at radius 1 is 1.21 bits per heavy atom. The molecule has 0 radical (unpaired) electrons. The maximum atomic E-state index is 12.7. The van der Waals surface area contributed by atoms with Gasteiger partial charge in [0.05, 0.1) is 29.4 Å². The number of para-hydroxylation sites is 2. The molecule has 5 N–H and O–H groups in total. The second-order valence-electron chi connectivity index (χ2n) is 5.87. The van der Waals surface area contributed by atoms with Crippen LogP contribution >= 0.6 is 12.4 Å². The maximum absolute atomic E-state index is 12.7. The molecule has 0 aliphatic rings. The predicted octanol–water partition coefficient (Wildman–Crippen LogP) is 2.69. The van der Waals surface area contributed by atoms with Crippen molar-refractivity contribution in [1.82, 2.24) is 0 Å². The summed E-state index contributed by atoms with van der Waals surface area (Å²) in [5.74, 6) is -0.401. The van der Waals surface area contributed by atoms with E-state index < -0.39 is 22.0 Å². The van der Waals surface area contributed by atoms with Crippen LogP contribution in [0.5, 0.6) is 11.5 Å². The number of carbonyl (C=O) groups is 1. The van der Waals surface area contributed by atoms with Crippen molar-refractivity contribution in [2.24, 2.45) is 5.73 Å². The summed E-state index contributed by atoms with van der Waals surface area (Å²) in [5.41, 5.74) is 5.98. The number of phenolic OH excluding ortho intramolecular Hbond substituents is 1. The van der Waals surface area contributed by atoms with Crippen molar-refractivity contribution in [3.05, 3.63) is 42.5 Å². The Balaban J connectivity index is 0.00000392. The van der Waals surface area contributed by atoms with E-state index in [1.165, 1.54) is 25.3 Å². The molecule has 0 aliphatic heterocycles. The summed E-state index contributed by atoms with van der Waals surface area (Å²) in [5, 5.41) is 12.4. The van der Waals surface area contributed by atoms with Crippen LogP contribution in [0.4, 0.5) is 11.4 Å². The number of amides is 1. The minimum absolute atomic E-state index is 0. The number of rotatable bonds is 8. The zero-order valence-electron chi connectivity index (χ0n) is 15.5. The summed E-state index contributed by atoms with van der Waals surface area (Å²) in [6.45, 7) is 1.89. The number of carbonyl (C=O) groups excluding carboxylic acids is 1. The number of halogens is 1. The molecule has 0 fully saturated rings. The van der Waals surface area contributed by atoms with Crippen molar-refractivity contribution in [2.45, 2.75) is 30.7 Å². The van der Waals surface area contributed by atoms with Crippen molar-refractivity contribution >= 4 is 39.7 Å². The molecule has 0 spiro atoms. The monoisotopic (exact) mass is 429 g/mol. The molecule has 8 nitrogen and oxygen atoms in total. The fraction of sp³-hybridized carbons (Fsp3) is 0.278. The highest BCUT2D eigenvalue weighted by Crippen LogP contribution is 2.30. The molecule has 0 heterocycles. The number of aromatic hydroxyl groups is 1. The third kappa shape index (κ3) is 5.75. The smallest absolute Gasteiger partial charge is 0.262 e. The molecular formula is C18H24ClN3O5S. The Bertz CT molecular complexity index is 921. The largest absolute Gasteiger partial charge is 0.506 e. The third-order valence-corrected chi connectivity index (χ3v) is 5.19. The van der Waals surface area contributed by atoms with E-state index >= 15 is 0 Å². The summed E-state index contributed by atoms with van der Waals surface area (Å²) in [4.78, 5) is 11.9. The molecule has 0 bridgehead atoms. The number of hydrogen-bond acceptors (Lipinski definition) is 6. The molecule has 2 aromatic rings. The summed E-state index contributed by atoms with van der Waals surface area (Å²) < 4.78 is 32.9. The van der Waals surface area contributed by atoms with E-state index in [0.29, 0.717) is 12.2 Å². The van der Waals surface area contributed by atoms with Crippen LogP contribution in [-0.4, -0.2) is 32.6 Å². The van der Waals surface area contributed by atoms with Gasteiger partial charge in [-0.2, -0.15) is 0 Å². The van der Waals surface area contributed by atoms with E-state index in [2.05, 4.69) is 10.0 Å². The summed E-state index contributed by atoms with van der Waals surface area (Å²) >= 11 is 0. The number of nitrogens with one attached hydrogen (secondary N) is 2. The number of anilines is 2. The highest BCUT2D eigenvalue weighted by molar-refractivity contribution is 7.92. The van der Waals surface area contributed by atoms with Gasteiger partial charge in [-0.15, -0.1) is 12.4 Å². The zero-order valence-corrected chi connectivity index (χ0v) is 17.1. The van der Waals surface area contributed by atoms with Gasteiger partial charge in [0, 0.05) is 0 Å². The average molecular weight is 430 g/mol. The van der Waals surface area contributed by atoms with Crippen LogP contribution in [0.2, 0.25) is 0 Å². The van der Waals surface area contributed by atoms with E-state index in [1.54, 1.807) is 24.3 Å². The highest BCUT2D eigenvalue weighted by atomic mass is 35.5. The quantitative estimate of drug-likeness (QED) is 0.477. The summed E-state index contributed by atoms with van der Waals surface area (Å²) in [7, 11) is -2.54. The van der Waals surface area contributed by atoms with Gasteiger partial charge in [0.15, 0.2) is 0 Å². The fourth-order valence-electron chi connectivity index (χ4n) is 2.38. The van der Waals surface area contributed by atoms with Crippen LogP contribution in [0, 0.1) is 0 Å². The van der Waals surface area contributed by atoms with E-state index in [9.17, 15) is 18.3 Å². The Hall–Kier alpha value is -2.49. The molecule has 0 aliphatic carbocycles. The normalized spacial score (nSPS) is 11.8. The number of hydrogen-bond donors (Lipinski definition) is 4. The van der Waals surface area contributed by atoms with Crippen molar-refractivity contribution in [2.75, 3.05) is 17.1 Å². The highest BCUT2D eigenvalue weighted by Gasteiger charge is 2.20. The van der Waals surface area contributed by atoms with Gasteiger partial charge < -0.3 is 20.9 Å². The lowest BCUT2D eigenvalue weighted by Gasteiger charge is -2.15. The van der Waals surface area contributed by atoms with Gasteiger partial charge in [-0.1, -0.05) is 25.5 Å². The van der Waals surface area contributed by atoms with Gasteiger partial charge in [-0.3, -0.25) is 9.52 Å². The minimum Gasteiger partial charge on any atom is -0.506 e. The van der Waals surface area contributed by atoms with E-state index in [4.69, 9.17) is 10.5 Å². The van der Waals surface area contributed by atoms with Gasteiger partial charge in [0.2, 0.25) is 5.91 Å². The molecule has 1 unspecified atom stereocenters. The topological polar surface area (TPSA) is 131 Å². The van der Waals surface area contributed by atoms with Gasteiger partial charge in [0.25, 0.3) is 10.0 Å². The minimum atomic E-state index is -3.98. The lowest BCUT2D eigenvalue weighted by atomic mass is 10.1. The molecule has 0 saturated heterocycles. The Morgan fingerprint density at radius 2 is 1.89 bits per heavy atom. The molecule has 2 aromatic carbocycles. The molecule has 1 atom stereocenters. The first-order chi connectivity index (χ1) is 12.8. The predicted molar refractivity (Wildman–Crippen MR) is 111 cm³/mol. The number of phenols is 1. The van der Waals surface area contributed by atoms with Crippen molar-refractivity contribution in [3.63, 3.8) is 0 Å². The maximum Gasteiger partial charge on any atom is 0.262 e. The van der Waals surface area contributed by atoms with Crippen LogP contribution in [0.1, 0.15) is 19.8 Å². The fourth-order valence-corrected chi connectivity index (χ4v) is 3.48. The van der Waals surface area contributed by atoms with E-state index in [-0.39, 0.29) is 34.4 Å². The first-order valence-corrected chi connectivity index (χ1v) is 9.82. The molecule has 10 heteroatoms. The Labute approximate surface area is 170 Å². The second-order valence-corrected chi connectivity index (χ2v) is 7.55. The molecule has 28 heavy (non-hydrogen) atoms. The average Bonchev–Trinajstić information content (AvgIpc) is 2.63. The SMILES string of the molecule is CCCC(N)C(=O)Nc1cc(S(=O)(=O)Nc2ccccc2OC)ccc1O.Cl. The first kappa shape index (κ1) is 23.5. The molecule has 0 saturated carbocycles. The zero-order chi connectivity index (χ0) is 20.0. The van der Waals surface area contributed by atoms with Crippen LogP contribution < -0.4 is 20.5 Å². The van der Waals surface area contributed by atoms with Crippen molar-refractivity contribution in [3.8, 4) is 11.5 Å². The molecule has 0 aromatic heterocycles. The van der Waals surface area contributed by atoms with Gasteiger partial charge in [-0.05, 0) is 36.8 Å². The second kappa shape index (κ2) is 10.2. The van der Waals surface area contributed by atoms with Crippen LogP contribution in [0.25, 0.3) is 0 Å². The van der Waals surface area contributed by atoms with Crippen LogP contribution in [0.3, 0.4) is 0 Å². The van der Waals surface area contributed by atoms with Crippen LogP contribution in [0.15, 0.2) is 47.4 Å². The van der Waals surface area contributed by atoms with Crippen molar-refractivity contribution in [1.29, 1.82) is 0 Å². The van der Waals surface area contributed by atoms with E-state index in [0.717, 1.165) is 6.42 Å². The van der Waals surface area contributed by atoms with Gasteiger partial charge in [0.1, 0.15) is 11.5 Å². The lowest BCUT2D eigenvalue weighted by Crippen LogP contribution is -2.35. The molecular weight excluding hydrogens is 406 g/mol. The van der Waals surface area contributed by atoms with Crippen LogP contribution in [-0.2, 0) is 14.8 Å². The van der Waals surface area contributed by atoms with Crippen molar-refractivity contribution < 1.29 is 23.1 Å². The Morgan fingerprint density at radius 3 is 2.54 bits per heavy atom. The Kier molecular flexibility index (Phi) is 8.55. The third-order valence-electron chi connectivity index (χ3n) is 3.82. The standard InChI is InChI=1S/C18H23N3O5S.ClH/c1-3-6-13(19)18(23)20-15-11-12(9-10-16(15)22)27(24,25)21-14-7-4-5-8-17(14)26-2;/h4-5,7-11,13,21-22H,3,6,19H2,1-2H3,(H,20,23);1H. The number of ether oxygens (including phenoxy) is 1.